The van der Waals surface area contributed by atoms with Crippen molar-refractivity contribution in [1.82, 2.24) is 5.32 Å². The predicted octanol–water partition coefficient (Wildman–Crippen LogP) is 3.84. The Bertz CT molecular complexity index is 567. The van der Waals surface area contributed by atoms with Gasteiger partial charge in [0.1, 0.15) is 11.6 Å². The molecule has 1 N–H and O–H groups in total. The molecule has 0 aliphatic heterocycles. The van der Waals surface area contributed by atoms with E-state index in [1.807, 2.05) is 13.0 Å². The summed E-state index contributed by atoms with van der Waals surface area (Å²) in [7, 11) is 1.78. The highest BCUT2D eigenvalue weighted by molar-refractivity contribution is 5.66. The summed E-state index contributed by atoms with van der Waals surface area (Å²) < 4.78 is 27.1. The van der Waals surface area contributed by atoms with Gasteiger partial charge in [-0.3, -0.25) is 0 Å². The third kappa shape index (κ3) is 3.14. The van der Waals surface area contributed by atoms with Crippen LogP contribution < -0.4 is 10.2 Å². The number of nitrogens with zero attached hydrogens (tertiary/aromatic N) is 1. The molecule has 106 valence electrons. The maximum Gasteiger partial charge on any atom is 0.147 e. The van der Waals surface area contributed by atoms with Crippen LogP contribution in [-0.2, 0) is 6.54 Å². The lowest BCUT2D eigenvalue weighted by molar-refractivity contribution is 0.621. The first-order valence-corrected chi connectivity index (χ1v) is 6.61. The first kappa shape index (κ1) is 14.5. The monoisotopic (exact) mass is 276 g/mol. The van der Waals surface area contributed by atoms with Gasteiger partial charge >= 0.3 is 0 Å². The van der Waals surface area contributed by atoms with Crippen molar-refractivity contribution in [2.45, 2.75) is 13.5 Å². The lowest BCUT2D eigenvalue weighted by atomic mass is 10.1. The number of halogens is 2. The standard InChI is InChI=1S/C16H18F2N2/c1-3-19-11-12-5-4-6-15(18)16(12)20(2)14-9-7-13(17)8-10-14/h4-10,19H,3,11H2,1-2H3. The van der Waals surface area contributed by atoms with Crippen molar-refractivity contribution < 1.29 is 8.78 Å². The Kier molecular flexibility index (Phi) is 4.69. The smallest absolute Gasteiger partial charge is 0.147 e. The van der Waals surface area contributed by atoms with Crippen LogP contribution >= 0.6 is 0 Å². The van der Waals surface area contributed by atoms with Crippen LogP contribution in [0, 0.1) is 11.6 Å². The van der Waals surface area contributed by atoms with Gasteiger partial charge < -0.3 is 10.2 Å². The molecule has 2 nitrogen and oxygen atoms in total. The summed E-state index contributed by atoms with van der Waals surface area (Å²) in [5.41, 5.74) is 2.13. The molecule has 0 aliphatic rings. The molecule has 0 atom stereocenters. The molecule has 20 heavy (non-hydrogen) atoms. The third-order valence-corrected chi connectivity index (χ3v) is 3.19. The molecule has 0 fully saturated rings. The topological polar surface area (TPSA) is 15.3 Å². The maximum absolute atomic E-state index is 14.1. The van der Waals surface area contributed by atoms with Gasteiger partial charge in [-0.2, -0.15) is 0 Å². The Balaban J connectivity index is 2.37. The second-order valence-electron chi connectivity index (χ2n) is 4.56. The van der Waals surface area contributed by atoms with Gasteiger partial charge in [0, 0.05) is 19.3 Å². The second kappa shape index (κ2) is 6.48. The quantitative estimate of drug-likeness (QED) is 0.892. The van der Waals surface area contributed by atoms with Gasteiger partial charge in [0.05, 0.1) is 5.69 Å². The first-order chi connectivity index (χ1) is 9.63. The fourth-order valence-electron chi connectivity index (χ4n) is 2.13. The Hall–Kier alpha value is -1.94. The number of benzene rings is 2. The Morgan fingerprint density at radius 1 is 1.05 bits per heavy atom. The summed E-state index contributed by atoms with van der Waals surface area (Å²) in [6.45, 7) is 3.41. The summed E-state index contributed by atoms with van der Waals surface area (Å²) in [4.78, 5) is 1.74. The fourth-order valence-corrected chi connectivity index (χ4v) is 2.13. The molecular weight excluding hydrogens is 258 g/mol. The highest BCUT2D eigenvalue weighted by atomic mass is 19.1. The van der Waals surface area contributed by atoms with Gasteiger partial charge in [-0.05, 0) is 42.4 Å². The van der Waals surface area contributed by atoms with Crippen LogP contribution in [-0.4, -0.2) is 13.6 Å². The van der Waals surface area contributed by atoms with E-state index in [1.165, 1.54) is 18.2 Å². The van der Waals surface area contributed by atoms with Crippen molar-refractivity contribution in [2.75, 3.05) is 18.5 Å². The van der Waals surface area contributed by atoms with Crippen molar-refractivity contribution in [1.29, 1.82) is 0 Å². The molecule has 0 heterocycles. The molecule has 0 spiro atoms. The van der Waals surface area contributed by atoms with E-state index in [-0.39, 0.29) is 11.6 Å². The Morgan fingerprint density at radius 2 is 1.75 bits per heavy atom. The molecule has 2 aromatic rings. The summed E-state index contributed by atoms with van der Waals surface area (Å²) in [5.74, 6) is -0.587. The molecular formula is C16H18F2N2. The summed E-state index contributed by atoms with van der Waals surface area (Å²) in [6.07, 6.45) is 0. The highest BCUT2D eigenvalue weighted by Gasteiger charge is 2.14. The average molecular weight is 276 g/mol. The number of rotatable bonds is 5. The minimum Gasteiger partial charge on any atom is -0.342 e. The number of para-hydroxylation sites is 1. The number of hydrogen-bond acceptors (Lipinski definition) is 2. The average Bonchev–Trinajstić information content (AvgIpc) is 2.45. The number of anilines is 2. The van der Waals surface area contributed by atoms with Crippen molar-refractivity contribution in [2.24, 2.45) is 0 Å². The normalized spacial score (nSPS) is 10.6. The van der Waals surface area contributed by atoms with E-state index in [0.29, 0.717) is 12.2 Å². The van der Waals surface area contributed by atoms with Crippen LogP contribution in [0.3, 0.4) is 0 Å². The van der Waals surface area contributed by atoms with Gasteiger partial charge in [-0.25, -0.2) is 8.78 Å². The minimum absolute atomic E-state index is 0.285. The molecule has 0 radical (unpaired) electrons. The second-order valence-corrected chi connectivity index (χ2v) is 4.56. The molecule has 0 saturated heterocycles. The van der Waals surface area contributed by atoms with Gasteiger partial charge in [0.2, 0.25) is 0 Å². The minimum atomic E-state index is -0.302. The first-order valence-electron chi connectivity index (χ1n) is 6.61. The molecule has 2 aromatic carbocycles. The Labute approximate surface area is 118 Å². The lowest BCUT2D eigenvalue weighted by Gasteiger charge is -2.23. The van der Waals surface area contributed by atoms with E-state index >= 15 is 0 Å². The van der Waals surface area contributed by atoms with Crippen LogP contribution in [0.15, 0.2) is 42.5 Å². The van der Waals surface area contributed by atoms with E-state index in [9.17, 15) is 8.78 Å². The zero-order chi connectivity index (χ0) is 14.5. The summed E-state index contributed by atoms with van der Waals surface area (Å²) in [6, 6.07) is 11.0. The SMILES string of the molecule is CCNCc1cccc(F)c1N(C)c1ccc(F)cc1. The third-order valence-electron chi connectivity index (χ3n) is 3.19. The van der Waals surface area contributed by atoms with Gasteiger partial charge in [-0.15, -0.1) is 0 Å². The fraction of sp³-hybridized carbons (Fsp3) is 0.250. The van der Waals surface area contributed by atoms with E-state index in [1.54, 1.807) is 30.1 Å². The van der Waals surface area contributed by atoms with Crippen LogP contribution in [0.1, 0.15) is 12.5 Å². The van der Waals surface area contributed by atoms with Crippen molar-refractivity contribution in [3.05, 3.63) is 59.7 Å². The molecule has 4 heteroatoms. The molecule has 0 aliphatic carbocycles. The molecule has 0 aromatic heterocycles. The van der Waals surface area contributed by atoms with E-state index in [0.717, 1.165) is 17.8 Å². The van der Waals surface area contributed by atoms with Crippen LogP contribution in [0.25, 0.3) is 0 Å². The largest absolute Gasteiger partial charge is 0.342 e. The molecule has 0 bridgehead atoms. The van der Waals surface area contributed by atoms with E-state index < -0.39 is 0 Å². The van der Waals surface area contributed by atoms with Gasteiger partial charge in [0.15, 0.2) is 0 Å². The summed E-state index contributed by atoms with van der Waals surface area (Å²) in [5, 5.41) is 3.19. The number of nitrogens with one attached hydrogen (secondary N) is 1. The number of hydrogen-bond donors (Lipinski definition) is 1. The highest BCUT2D eigenvalue weighted by Crippen LogP contribution is 2.29. The van der Waals surface area contributed by atoms with Crippen molar-refractivity contribution >= 4 is 11.4 Å². The van der Waals surface area contributed by atoms with Crippen molar-refractivity contribution in [3.63, 3.8) is 0 Å². The Morgan fingerprint density at radius 3 is 2.40 bits per heavy atom. The lowest BCUT2D eigenvalue weighted by Crippen LogP contribution is -2.18. The molecule has 0 unspecified atom stereocenters. The van der Waals surface area contributed by atoms with Crippen molar-refractivity contribution in [3.8, 4) is 0 Å². The van der Waals surface area contributed by atoms with E-state index in [4.69, 9.17) is 0 Å². The molecule has 0 saturated carbocycles. The summed E-state index contributed by atoms with van der Waals surface area (Å²) >= 11 is 0. The molecule has 2 rings (SSSR count). The zero-order valence-electron chi connectivity index (χ0n) is 11.7. The van der Waals surface area contributed by atoms with Crippen LogP contribution in [0.4, 0.5) is 20.2 Å². The predicted molar refractivity (Wildman–Crippen MR) is 78.2 cm³/mol. The van der Waals surface area contributed by atoms with Crippen LogP contribution in [0.2, 0.25) is 0 Å². The zero-order valence-corrected chi connectivity index (χ0v) is 11.7. The maximum atomic E-state index is 14.1. The van der Waals surface area contributed by atoms with Gasteiger partial charge in [-0.1, -0.05) is 19.1 Å². The molecule has 0 amide bonds. The van der Waals surface area contributed by atoms with E-state index in [2.05, 4.69) is 5.32 Å². The van der Waals surface area contributed by atoms with Gasteiger partial charge in [0.25, 0.3) is 0 Å². The van der Waals surface area contributed by atoms with Crippen LogP contribution in [0.5, 0.6) is 0 Å².